The number of hydrogen-bond acceptors (Lipinski definition) is 2. The lowest BCUT2D eigenvalue weighted by Gasteiger charge is -2.08. The Bertz CT molecular complexity index is 382. The highest BCUT2D eigenvalue weighted by Gasteiger charge is 2.10. The van der Waals surface area contributed by atoms with Crippen LogP contribution in [0.3, 0.4) is 0 Å². The molecule has 0 aromatic heterocycles. The molecule has 0 saturated heterocycles. The monoisotopic (exact) mass is 217 g/mol. The van der Waals surface area contributed by atoms with Gasteiger partial charge in [-0.3, -0.25) is 4.79 Å². The number of nitrogens with one attached hydrogen (secondary N) is 1. The number of likely N-dealkylation sites (N-methyl/N-ethyl adjacent to an activating group) is 1. The summed E-state index contributed by atoms with van der Waals surface area (Å²) in [5, 5.41) is 3.09. The van der Waals surface area contributed by atoms with Crippen molar-refractivity contribution in [1.29, 1.82) is 0 Å². The fraction of sp³-hybridized carbons (Fsp3) is 0.357. The number of rotatable bonds is 6. The van der Waals surface area contributed by atoms with Crippen molar-refractivity contribution in [1.82, 2.24) is 5.32 Å². The minimum atomic E-state index is 0.166. The van der Waals surface area contributed by atoms with Crippen LogP contribution in [0, 0.1) is 0 Å². The van der Waals surface area contributed by atoms with Crippen molar-refractivity contribution in [2.75, 3.05) is 13.6 Å². The van der Waals surface area contributed by atoms with E-state index < -0.39 is 0 Å². The molecular formula is C14H19NO. The second-order valence-corrected chi connectivity index (χ2v) is 4.07. The molecule has 0 heterocycles. The number of benzene rings is 1. The van der Waals surface area contributed by atoms with Crippen molar-refractivity contribution in [2.24, 2.45) is 0 Å². The number of carbonyl (C=O) groups excluding carboxylic acids is 1. The Labute approximate surface area is 97.4 Å². The second kappa shape index (κ2) is 6.23. The number of ketones is 1. The van der Waals surface area contributed by atoms with Crippen LogP contribution in [0.15, 0.2) is 36.4 Å². The molecule has 0 aliphatic rings. The lowest BCUT2D eigenvalue weighted by molar-refractivity contribution is 0.0992. The molecule has 2 heteroatoms. The number of Topliss-reactive ketones (excluding diaryl/α,β-unsaturated/α-hetero) is 1. The largest absolute Gasteiger partial charge is 0.319 e. The van der Waals surface area contributed by atoms with Gasteiger partial charge in [0.2, 0.25) is 0 Å². The third-order valence-electron chi connectivity index (χ3n) is 2.42. The minimum Gasteiger partial charge on any atom is -0.319 e. The normalized spacial score (nSPS) is 10.1. The van der Waals surface area contributed by atoms with Crippen LogP contribution in [-0.2, 0) is 6.42 Å². The average Bonchev–Trinajstić information content (AvgIpc) is 2.25. The van der Waals surface area contributed by atoms with Gasteiger partial charge in [-0.15, -0.1) is 0 Å². The highest BCUT2D eigenvalue weighted by Crippen LogP contribution is 2.13. The van der Waals surface area contributed by atoms with E-state index in [1.165, 1.54) is 0 Å². The van der Waals surface area contributed by atoms with Crippen molar-refractivity contribution in [3.05, 3.63) is 47.5 Å². The van der Waals surface area contributed by atoms with Crippen molar-refractivity contribution >= 4 is 5.78 Å². The van der Waals surface area contributed by atoms with Crippen LogP contribution in [0.25, 0.3) is 0 Å². The van der Waals surface area contributed by atoms with Crippen molar-refractivity contribution in [3.63, 3.8) is 0 Å². The summed E-state index contributed by atoms with van der Waals surface area (Å²) in [6.45, 7) is 6.55. The van der Waals surface area contributed by atoms with E-state index in [4.69, 9.17) is 0 Å². The van der Waals surface area contributed by atoms with Crippen LogP contribution in [0.2, 0.25) is 0 Å². The van der Waals surface area contributed by atoms with Gasteiger partial charge in [0, 0.05) is 12.0 Å². The lowest BCUT2D eigenvalue weighted by atomic mass is 9.97. The van der Waals surface area contributed by atoms with Gasteiger partial charge in [-0.2, -0.15) is 0 Å². The van der Waals surface area contributed by atoms with Crippen molar-refractivity contribution in [2.45, 2.75) is 19.8 Å². The van der Waals surface area contributed by atoms with Gasteiger partial charge in [0.05, 0.1) is 0 Å². The van der Waals surface area contributed by atoms with Crippen LogP contribution < -0.4 is 5.32 Å². The van der Waals surface area contributed by atoms with E-state index >= 15 is 0 Å². The quantitative estimate of drug-likeness (QED) is 0.586. The molecule has 1 aromatic rings. The van der Waals surface area contributed by atoms with Gasteiger partial charge in [-0.05, 0) is 32.5 Å². The molecule has 0 fully saturated rings. The van der Waals surface area contributed by atoms with E-state index in [0.717, 1.165) is 29.7 Å². The Morgan fingerprint density at radius 3 is 2.69 bits per heavy atom. The zero-order valence-corrected chi connectivity index (χ0v) is 10.0. The summed E-state index contributed by atoms with van der Waals surface area (Å²) in [5.74, 6) is 0.166. The van der Waals surface area contributed by atoms with Crippen LogP contribution >= 0.6 is 0 Å². The maximum atomic E-state index is 12.0. The summed E-state index contributed by atoms with van der Waals surface area (Å²) in [6.07, 6.45) is 1.32. The van der Waals surface area contributed by atoms with Crippen LogP contribution in [0.1, 0.15) is 29.3 Å². The van der Waals surface area contributed by atoms with E-state index in [2.05, 4.69) is 11.9 Å². The highest BCUT2D eigenvalue weighted by atomic mass is 16.1. The third-order valence-corrected chi connectivity index (χ3v) is 2.42. The van der Waals surface area contributed by atoms with Crippen molar-refractivity contribution < 1.29 is 4.79 Å². The molecule has 1 rings (SSSR count). The minimum absolute atomic E-state index is 0.166. The Balaban J connectivity index is 2.85. The molecule has 2 nitrogen and oxygen atoms in total. The highest BCUT2D eigenvalue weighted by molar-refractivity contribution is 5.98. The standard InChI is InChI=1S/C14H19NO/c1-11(2)10-14(16)13-7-5-4-6-12(13)8-9-15-3/h4-7,15H,1,8-10H2,2-3H3. The van der Waals surface area contributed by atoms with E-state index in [1.807, 2.05) is 38.2 Å². The average molecular weight is 217 g/mol. The fourth-order valence-corrected chi connectivity index (χ4v) is 1.64. The summed E-state index contributed by atoms with van der Waals surface area (Å²) >= 11 is 0. The summed E-state index contributed by atoms with van der Waals surface area (Å²) in [4.78, 5) is 12.0. The molecule has 0 unspecified atom stereocenters. The predicted octanol–water partition coefficient (Wildman–Crippen LogP) is 2.60. The van der Waals surface area contributed by atoms with Crippen LogP contribution in [0.5, 0.6) is 0 Å². The Hall–Kier alpha value is -1.41. The molecule has 0 aliphatic carbocycles. The summed E-state index contributed by atoms with van der Waals surface area (Å²) in [6, 6.07) is 7.80. The fourth-order valence-electron chi connectivity index (χ4n) is 1.64. The predicted molar refractivity (Wildman–Crippen MR) is 67.8 cm³/mol. The first-order chi connectivity index (χ1) is 7.65. The topological polar surface area (TPSA) is 29.1 Å². The first-order valence-corrected chi connectivity index (χ1v) is 5.55. The molecule has 0 radical (unpaired) electrons. The number of allylic oxidation sites excluding steroid dienone is 1. The van der Waals surface area contributed by atoms with Crippen LogP contribution in [-0.4, -0.2) is 19.4 Å². The molecular weight excluding hydrogens is 198 g/mol. The third kappa shape index (κ3) is 3.63. The zero-order valence-electron chi connectivity index (χ0n) is 10.0. The van der Waals surface area contributed by atoms with Gasteiger partial charge >= 0.3 is 0 Å². The smallest absolute Gasteiger partial charge is 0.167 e. The van der Waals surface area contributed by atoms with Gasteiger partial charge < -0.3 is 5.32 Å². The van der Waals surface area contributed by atoms with Gasteiger partial charge in [-0.25, -0.2) is 0 Å². The molecule has 1 N–H and O–H groups in total. The molecule has 0 spiro atoms. The molecule has 0 atom stereocenters. The van der Waals surface area contributed by atoms with Gasteiger partial charge in [-0.1, -0.05) is 36.4 Å². The van der Waals surface area contributed by atoms with Crippen LogP contribution in [0.4, 0.5) is 0 Å². The van der Waals surface area contributed by atoms with E-state index in [0.29, 0.717) is 6.42 Å². The molecule has 16 heavy (non-hydrogen) atoms. The molecule has 1 aromatic carbocycles. The summed E-state index contributed by atoms with van der Waals surface area (Å²) < 4.78 is 0. The first kappa shape index (κ1) is 12.7. The Morgan fingerprint density at radius 1 is 1.38 bits per heavy atom. The molecule has 86 valence electrons. The van der Waals surface area contributed by atoms with E-state index in [1.54, 1.807) is 0 Å². The summed E-state index contributed by atoms with van der Waals surface area (Å²) in [5.41, 5.74) is 2.86. The SMILES string of the molecule is C=C(C)CC(=O)c1ccccc1CCNC. The second-order valence-electron chi connectivity index (χ2n) is 4.07. The molecule has 0 saturated carbocycles. The molecule has 0 bridgehead atoms. The van der Waals surface area contributed by atoms with Gasteiger partial charge in [0.15, 0.2) is 5.78 Å². The zero-order chi connectivity index (χ0) is 12.0. The number of hydrogen-bond donors (Lipinski definition) is 1. The first-order valence-electron chi connectivity index (χ1n) is 5.55. The van der Waals surface area contributed by atoms with Gasteiger partial charge in [0.25, 0.3) is 0 Å². The van der Waals surface area contributed by atoms with Crippen molar-refractivity contribution in [3.8, 4) is 0 Å². The molecule has 0 aliphatic heterocycles. The maximum Gasteiger partial charge on any atom is 0.167 e. The number of carbonyl (C=O) groups is 1. The lowest BCUT2D eigenvalue weighted by Crippen LogP contribution is -2.13. The molecule has 0 amide bonds. The summed E-state index contributed by atoms with van der Waals surface area (Å²) in [7, 11) is 1.92. The van der Waals surface area contributed by atoms with E-state index in [-0.39, 0.29) is 5.78 Å². The Kier molecular flexibility index (Phi) is 4.93. The van der Waals surface area contributed by atoms with E-state index in [9.17, 15) is 4.79 Å². The maximum absolute atomic E-state index is 12.0. The van der Waals surface area contributed by atoms with Gasteiger partial charge in [0.1, 0.15) is 0 Å². The Morgan fingerprint density at radius 2 is 2.06 bits per heavy atom.